The third kappa shape index (κ3) is 5.93. The van der Waals surface area contributed by atoms with Crippen LogP contribution in [-0.4, -0.2) is 49.4 Å². The topological polar surface area (TPSA) is 64.8 Å². The maximum atomic E-state index is 10.9. The first-order valence-electron chi connectivity index (χ1n) is 9.12. The van der Waals surface area contributed by atoms with Crippen LogP contribution in [0.4, 0.5) is 5.69 Å². The SMILES string of the molecule is CC(C)N1C(COCC[Si](C)(C)C)C=CC1Oc1cccc([N+](=O)[O-])c1. The minimum absolute atomic E-state index is 0.0341. The maximum absolute atomic E-state index is 10.9. The number of hydrogen-bond acceptors (Lipinski definition) is 5. The second-order valence-electron chi connectivity index (χ2n) is 8.14. The van der Waals surface area contributed by atoms with Crippen molar-refractivity contribution in [3.8, 4) is 5.75 Å². The van der Waals surface area contributed by atoms with E-state index in [0.717, 1.165) is 12.7 Å². The van der Waals surface area contributed by atoms with E-state index >= 15 is 0 Å². The van der Waals surface area contributed by atoms with Crippen LogP contribution in [0, 0.1) is 10.1 Å². The van der Waals surface area contributed by atoms with Crippen LogP contribution in [0.25, 0.3) is 0 Å². The molecule has 0 amide bonds. The zero-order valence-electron chi connectivity index (χ0n) is 16.3. The van der Waals surface area contributed by atoms with E-state index in [9.17, 15) is 10.1 Å². The lowest BCUT2D eigenvalue weighted by atomic mass is 10.2. The Morgan fingerprint density at radius 2 is 2.00 bits per heavy atom. The van der Waals surface area contributed by atoms with E-state index < -0.39 is 13.0 Å². The van der Waals surface area contributed by atoms with Crippen molar-refractivity contribution in [1.82, 2.24) is 4.90 Å². The van der Waals surface area contributed by atoms with Crippen LogP contribution in [-0.2, 0) is 4.74 Å². The van der Waals surface area contributed by atoms with Gasteiger partial charge in [0.05, 0.1) is 23.6 Å². The molecule has 0 saturated heterocycles. The Bertz CT molecular complexity index is 643. The Balaban J connectivity index is 1.96. The Kier molecular flexibility index (Phi) is 6.97. The van der Waals surface area contributed by atoms with Gasteiger partial charge in [-0.2, -0.15) is 0 Å². The van der Waals surface area contributed by atoms with Gasteiger partial charge in [-0.15, -0.1) is 0 Å². The number of rotatable bonds is 9. The third-order valence-corrected chi connectivity index (χ3v) is 6.05. The molecule has 0 saturated carbocycles. The molecule has 7 heteroatoms. The van der Waals surface area contributed by atoms with Crippen molar-refractivity contribution in [3.63, 3.8) is 0 Å². The molecular formula is C19H30N2O4Si. The van der Waals surface area contributed by atoms with Crippen LogP contribution in [0.1, 0.15) is 13.8 Å². The van der Waals surface area contributed by atoms with Crippen molar-refractivity contribution < 1.29 is 14.4 Å². The lowest BCUT2D eigenvalue weighted by Crippen LogP contribution is -2.46. The van der Waals surface area contributed by atoms with Crippen LogP contribution in [0.3, 0.4) is 0 Å². The molecule has 1 aliphatic heterocycles. The lowest BCUT2D eigenvalue weighted by molar-refractivity contribution is -0.385. The first-order chi connectivity index (χ1) is 12.2. The van der Waals surface area contributed by atoms with E-state index in [1.54, 1.807) is 12.1 Å². The molecule has 2 atom stereocenters. The highest BCUT2D eigenvalue weighted by molar-refractivity contribution is 6.76. The number of non-ortho nitro benzene ring substituents is 1. The van der Waals surface area contributed by atoms with Gasteiger partial charge in [0.1, 0.15) is 5.75 Å². The molecule has 2 unspecified atom stereocenters. The van der Waals surface area contributed by atoms with Crippen LogP contribution < -0.4 is 4.74 Å². The van der Waals surface area contributed by atoms with E-state index in [-0.39, 0.29) is 24.0 Å². The van der Waals surface area contributed by atoms with Crippen molar-refractivity contribution in [1.29, 1.82) is 0 Å². The van der Waals surface area contributed by atoms with Gasteiger partial charge in [-0.05, 0) is 32.0 Å². The Morgan fingerprint density at radius 3 is 2.62 bits per heavy atom. The number of ether oxygens (including phenoxy) is 2. The van der Waals surface area contributed by atoms with Gasteiger partial charge in [0.25, 0.3) is 5.69 Å². The molecule has 0 radical (unpaired) electrons. The highest BCUT2D eigenvalue weighted by Crippen LogP contribution is 2.26. The molecule has 0 aliphatic carbocycles. The number of nitrogens with zero attached hydrogens (tertiary/aromatic N) is 2. The van der Waals surface area contributed by atoms with E-state index in [0.29, 0.717) is 12.4 Å². The summed E-state index contributed by atoms with van der Waals surface area (Å²) in [7, 11) is -1.09. The van der Waals surface area contributed by atoms with Gasteiger partial charge in [0.2, 0.25) is 0 Å². The van der Waals surface area contributed by atoms with Gasteiger partial charge in [-0.25, -0.2) is 0 Å². The van der Waals surface area contributed by atoms with Crippen molar-refractivity contribution in [2.45, 2.75) is 57.8 Å². The van der Waals surface area contributed by atoms with Crippen molar-refractivity contribution in [2.24, 2.45) is 0 Å². The Morgan fingerprint density at radius 1 is 1.27 bits per heavy atom. The predicted molar refractivity (Wildman–Crippen MR) is 106 cm³/mol. The van der Waals surface area contributed by atoms with Crippen molar-refractivity contribution >= 4 is 13.8 Å². The van der Waals surface area contributed by atoms with Gasteiger partial charge in [0, 0.05) is 26.8 Å². The van der Waals surface area contributed by atoms with E-state index in [2.05, 4.69) is 44.5 Å². The standard InChI is InChI=1S/C19H30N2O4Si/c1-15(2)20-17(14-24-11-12-26(3,4)5)9-10-19(20)25-18-8-6-7-16(13-18)21(22)23/h6-10,13,15,17,19H,11-12,14H2,1-5H3. The minimum atomic E-state index is -1.09. The lowest BCUT2D eigenvalue weighted by Gasteiger charge is -2.33. The highest BCUT2D eigenvalue weighted by atomic mass is 28.3. The summed E-state index contributed by atoms with van der Waals surface area (Å²) < 4.78 is 11.9. The molecule has 1 heterocycles. The molecule has 6 nitrogen and oxygen atoms in total. The zero-order chi connectivity index (χ0) is 19.3. The van der Waals surface area contributed by atoms with E-state index in [1.807, 2.05) is 6.08 Å². The van der Waals surface area contributed by atoms with Gasteiger partial charge in [-0.1, -0.05) is 31.8 Å². The molecule has 0 aromatic heterocycles. The van der Waals surface area contributed by atoms with Crippen LogP contribution >= 0.6 is 0 Å². The number of benzene rings is 1. The molecule has 1 aromatic carbocycles. The molecular weight excluding hydrogens is 348 g/mol. The second kappa shape index (κ2) is 8.79. The summed E-state index contributed by atoms with van der Waals surface area (Å²) >= 11 is 0. The molecule has 0 bridgehead atoms. The van der Waals surface area contributed by atoms with Gasteiger partial charge in [0.15, 0.2) is 6.23 Å². The average molecular weight is 379 g/mol. The number of nitro benzene ring substituents is 1. The van der Waals surface area contributed by atoms with Crippen LogP contribution in [0.2, 0.25) is 25.7 Å². The predicted octanol–water partition coefficient (Wildman–Crippen LogP) is 4.30. The second-order valence-corrected chi connectivity index (χ2v) is 13.8. The summed E-state index contributed by atoms with van der Waals surface area (Å²) in [6.45, 7) is 12.7. The largest absolute Gasteiger partial charge is 0.471 e. The normalized spacial score (nSPS) is 20.7. The third-order valence-electron chi connectivity index (χ3n) is 4.34. The first-order valence-corrected chi connectivity index (χ1v) is 12.8. The number of nitro groups is 1. The summed E-state index contributed by atoms with van der Waals surface area (Å²) in [5, 5.41) is 10.9. The van der Waals surface area contributed by atoms with Crippen molar-refractivity contribution in [3.05, 3.63) is 46.5 Å². The van der Waals surface area contributed by atoms with Crippen molar-refractivity contribution in [2.75, 3.05) is 13.2 Å². The molecule has 1 aromatic rings. The molecule has 0 spiro atoms. The summed E-state index contributed by atoms with van der Waals surface area (Å²) in [5.74, 6) is 0.500. The molecule has 144 valence electrons. The fourth-order valence-electron chi connectivity index (χ4n) is 2.92. The van der Waals surface area contributed by atoms with Gasteiger partial charge in [-0.3, -0.25) is 15.0 Å². The Hall–Kier alpha value is -1.70. The summed E-state index contributed by atoms with van der Waals surface area (Å²) in [6.07, 6.45) is 3.87. The maximum Gasteiger partial charge on any atom is 0.273 e. The van der Waals surface area contributed by atoms with Crippen LogP contribution in [0.5, 0.6) is 5.75 Å². The molecule has 2 rings (SSSR count). The fraction of sp³-hybridized carbons (Fsp3) is 0.579. The molecule has 0 fully saturated rings. The number of hydrogen-bond donors (Lipinski definition) is 0. The van der Waals surface area contributed by atoms with Gasteiger partial charge >= 0.3 is 0 Å². The molecule has 1 aliphatic rings. The quantitative estimate of drug-likeness (QED) is 0.211. The summed E-state index contributed by atoms with van der Waals surface area (Å²) in [6, 6.07) is 7.88. The van der Waals surface area contributed by atoms with E-state index in [1.165, 1.54) is 12.1 Å². The monoisotopic (exact) mass is 378 g/mol. The molecule has 0 N–H and O–H groups in total. The Labute approximate surface area is 157 Å². The summed E-state index contributed by atoms with van der Waals surface area (Å²) in [5.41, 5.74) is 0.0341. The summed E-state index contributed by atoms with van der Waals surface area (Å²) in [4.78, 5) is 12.8. The average Bonchev–Trinajstić information content (AvgIpc) is 2.93. The van der Waals surface area contributed by atoms with E-state index in [4.69, 9.17) is 9.47 Å². The van der Waals surface area contributed by atoms with Crippen LogP contribution in [0.15, 0.2) is 36.4 Å². The highest BCUT2D eigenvalue weighted by Gasteiger charge is 2.32. The minimum Gasteiger partial charge on any atom is -0.471 e. The van der Waals surface area contributed by atoms with Gasteiger partial charge < -0.3 is 9.47 Å². The first kappa shape index (κ1) is 20.6. The fourth-order valence-corrected chi connectivity index (χ4v) is 3.68. The molecule has 26 heavy (non-hydrogen) atoms. The smallest absolute Gasteiger partial charge is 0.273 e. The zero-order valence-corrected chi connectivity index (χ0v) is 17.3.